The summed E-state index contributed by atoms with van der Waals surface area (Å²) in [6.07, 6.45) is 3.56. The van der Waals surface area contributed by atoms with E-state index in [1.54, 1.807) is 0 Å². The van der Waals surface area contributed by atoms with E-state index in [2.05, 4.69) is 24.4 Å². The minimum atomic E-state index is 0.221. The third kappa shape index (κ3) is 1.83. The number of hydrogen-bond donors (Lipinski definition) is 1. The molecule has 2 heterocycles. The maximum absolute atomic E-state index is 12.3. The Bertz CT molecular complexity index is 470. The van der Waals surface area contributed by atoms with Crippen LogP contribution in [-0.4, -0.2) is 30.4 Å². The van der Waals surface area contributed by atoms with Gasteiger partial charge in [-0.25, -0.2) is 0 Å². The van der Waals surface area contributed by atoms with Crippen molar-refractivity contribution in [3.05, 3.63) is 34.9 Å². The minimum Gasteiger partial charge on any atom is -0.329 e. The van der Waals surface area contributed by atoms with Gasteiger partial charge in [0.25, 0.3) is 5.91 Å². The number of benzene rings is 1. The smallest absolute Gasteiger partial charge is 0.254 e. The Morgan fingerprint density at radius 3 is 3.17 bits per heavy atom. The molecule has 1 N–H and O–H groups in total. The summed E-state index contributed by atoms with van der Waals surface area (Å²) in [7, 11) is 0. The van der Waals surface area contributed by atoms with E-state index in [9.17, 15) is 4.79 Å². The van der Waals surface area contributed by atoms with Gasteiger partial charge in [-0.1, -0.05) is 25.5 Å². The first-order valence-electron chi connectivity index (χ1n) is 6.95. The number of nitrogens with one attached hydrogen (secondary N) is 1. The summed E-state index contributed by atoms with van der Waals surface area (Å²) in [5.41, 5.74) is 3.53. The van der Waals surface area contributed by atoms with Crippen molar-refractivity contribution in [3.63, 3.8) is 0 Å². The number of fused-ring (bicyclic) bond motifs is 3. The molecule has 1 fully saturated rings. The predicted molar refractivity (Wildman–Crippen MR) is 71.7 cm³/mol. The molecular formula is C15H20N2O. The largest absolute Gasteiger partial charge is 0.329 e. The second-order valence-electron chi connectivity index (χ2n) is 5.24. The van der Waals surface area contributed by atoms with Crippen LogP contribution in [0.4, 0.5) is 0 Å². The predicted octanol–water partition coefficient (Wildman–Crippen LogP) is 2.13. The van der Waals surface area contributed by atoms with E-state index >= 15 is 0 Å². The summed E-state index contributed by atoms with van der Waals surface area (Å²) < 4.78 is 0. The third-order valence-electron chi connectivity index (χ3n) is 4.03. The second-order valence-corrected chi connectivity index (χ2v) is 5.24. The monoisotopic (exact) mass is 244 g/mol. The van der Waals surface area contributed by atoms with Gasteiger partial charge in [-0.15, -0.1) is 0 Å². The highest BCUT2D eigenvalue weighted by atomic mass is 16.2. The lowest BCUT2D eigenvalue weighted by molar-refractivity contribution is 0.0691. The van der Waals surface area contributed by atoms with Crippen molar-refractivity contribution in [1.29, 1.82) is 0 Å². The molecule has 3 heteroatoms. The number of rotatable bonds is 3. The topological polar surface area (TPSA) is 32.3 Å². The van der Waals surface area contributed by atoms with Gasteiger partial charge in [0.05, 0.1) is 6.04 Å². The summed E-state index contributed by atoms with van der Waals surface area (Å²) in [6, 6.07) is 6.67. The number of unbranched alkanes of at least 4 members (excludes halogenated alkanes) is 1. The number of amides is 1. The van der Waals surface area contributed by atoms with Crippen LogP contribution in [0.2, 0.25) is 0 Å². The van der Waals surface area contributed by atoms with Crippen molar-refractivity contribution >= 4 is 5.91 Å². The Labute approximate surface area is 108 Å². The summed E-state index contributed by atoms with van der Waals surface area (Å²) in [5, 5.41) is 3.39. The molecule has 0 saturated carbocycles. The molecular weight excluding hydrogens is 224 g/mol. The number of aryl methyl sites for hydroxylation is 1. The fourth-order valence-electron chi connectivity index (χ4n) is 3.00. The highest BCUT2D eigenvalue weighted by molar-refractivity contribution is 5.99. The third-order valence-corrected chi connectivity index (χ3v) is 4.03. The van der Waals surface area contributed by atoms with Gasteiger partial charge in [0.15, 0.2) is 0 Å². The Hall–Kier alpha value is -1.35. The Balaban J connectivity index is 1.91. The molecule has 1 aromatic carbocycles. The molecule has 1 atom stereocenters. The SMILES string of the molecule is CCCCc1ccc2c(c1)C1CNCCN1C2=O. The van der Waals surface area contributed by atoms with E-state index in [0.29, 0.717) is 0 Å². The molecule has 18 heavy (non-hydrogen) atoms. The van der Waals surface area contributed by atoms with Crippen molar-refractivity contribution in [2.75, 3.05) is 19.6 Å². The van der Waals surface area contributed by atoms with Crippen LogP contribution in [0.3, 0.4) is 0 Å². The molecule has 1 saturated heterocycles. The van der Waals surface area contributed by atoms with Crippen LogP contribution in [0.15, 0.2) is 18.2 Å². The van der Waals surface area contributed by atoms with Crippen LogP contribution in [0.1, 0.15) is 47.3 Å². The van der Waals surface area contributed by atoms with Crippen molar-refractivity contribution in [3.8, 4) is 0 Å². The number of piperazine rings is 1. The maximum atomic E-state index is 12.3. The van der Waals surface area contributed by atoms with Crippen LogP contribution in [-0.2, 0) is 6.42 Å². The van der Waals surface area contributed by atoms with E-state index in [4.69, 9.17) is 0 Å². The zero-order valence-electron chi connectivity index (χ0n) is 10.9. The van der Waals surface area contributed by atoms with Crippen LogP contribution in [0, 0.1) is 0 Å². The molecule has 1 aromatic rings. The molecule has 0 aromatic heterocycles. The van der Waals surface area contributed by atoms with Gasteiger partial charge in [-0.3, -0.25) is 4.79 Å². The Morgan fingerprint density at radius 1 is 1.44 bits per heavy atom. The lowest BCUT2D eigenvalue weighted by Crippen LogP contribution is -2.44. The first-order valence-corrected chi connectivity index (χ1v) is 6.95. The minimum absolute atomic E-state index is 0.221. The molecule has 0 bridgehead atoms. The molecule has 1 amide bonds. The summed E-state index contributed by atoms with van der Waals surface area (Å²) >= 11 is 0. The van der Waals surface area contributed by atoms with E-state index in [0.717, 1.165) is 31.6 Å². The van der Waals surface area contributed by atoms with Crippen LogP contribution in [0.5, 0.6) is 0 Å². The molecule has 0 aliphatic carbocycles. The second kappa shape index (κ2) is 4.73. The number of hydrogen-bond acceptors (Lipinski definition) is 2. The van der Waals surface area contributed by atoms with Crippen LogP contribution < -0.4 is 5.32 Å². The molecule has 3 nitrogen and oxygen atoms in total. The van der Waals surface area contributed by atoms with Crippen molar-refractivity contribution in [1.82, 2.24) is 10.2 Å². The molecule has 3 rings (SSSR count). The van der Waals surface area contributed by atoms with E-state index < -0.39 is 0 Å². The number of carbonyl (C=O) groups is 1. The zero-order chi connectivity index (χ0) is 12.5. The lowest BCUT2D eigenvalue weighted by atomic mass is 9.98. The molecule has 2 aliphatic rings. The lowest BCUT2D eigenvalue weighted by Gasteiger charge is -2.30. The number of carbonyl (C=O) groups excluding carboxylic acids is 1. The normalized spacial score (nSPS) is 21.9. The highest BCUT2D eigenvalue weighted by Crippen LogP contribution is 2.34. The summed E-state index contributed by atoms with van der Waals surface area (Å²) in [4.78, 5) is 14.3. The van der Waals surface area contributed by atoms with Crippen LogP contribution in [0.25, 0.3) is 0 Å². The fourth-order valence-corrected chi connectivity index (χ4v) is 3.00. The van der Waals surface area contributed by atoms with Gasteiger partial charge in [-0.2, -0.15) is 0 Å². The van der Waals surface area contributed by atoms with Crippen molar-refractivity contribution in [2.24, 2.45) is 0 Å². The maximum Gasteiger partial charge on any atom is 0.254 e. The van der Waals surface area contributed by atoms with Crippen molar-refractivity contribution in [2.45, 2.75) is 32.2 Å². The molecule has 2 aliphatic heterocycles. The van der Waals surface area contributed by atoms with Gasteiger partial charge in [0, 0.05) is 25.2 Å². The van der Waals surface area contributed by atoms with Crippen LogP contribution >= 0.6 is 0 Å². The Kier molecular flexibility index (Phi) is 3.08. The van der Waals surface area contributed by atoms with Gasteiger partial charge in [0.2, 0.25) is 0 Å². The first-order chi connectivity index (χ1) is 8.81. The molecule has 0 spiro atoms. The average molecular weight is 244 g/mol. The summed E-state index contributed by atoms with van der Waals surface area (Å²) in [5.74, 6) is 0.221. The molecule has 96 valence electrons. The molecule has 1 unspecified atom stereocenters. The Morgan fingerprint density at radius 2 is 2.33 bits per heavy atom. The molecule has 0 radical (unpaired) electrons. The quantitative estimate of drug-likeness (QED) is 0.883. The van der Waals surface area contributed by atoms with E-state index in [1.165, 1.54) is 24.0 Å². The average Bonchev–Trinajstić information content (AvgIpc) is 2.71. The first kappa shape index (κ1) is 11.7. The van der Waals surface area contributed by atoms with Gasteiger partial charge < -0.3 is 10.2 Å². The van der Waals surface area contributed by atoms with E-state index in [-0.39, 0.29) is 11.9 Å². The number of nitrogens with zero attached hydrogens (tertiary/aromatic N) is 1. The zero-order valence-corrected chi connectivity index (χ0v) is 10.9. The standard InChI is InChI=1S/C15H20N2O/c1-2-3-4-11-5-6-12-13(9-11)14-10-16-7-8-17(14)15(12)18/h5-6,9,14,16H,2-4,7-8,10H2,1H3. The fraction of sp³-hybridized carbons (Fsp3) is 0.533. The summed E-state index contributed by atoms with van der Waals surface area (Å²) in [6.45, 7) is 4.86. The highest BCUT2D eigenvalue weighted by Gasteiger charge is 2.37. The van der Waals surface area contributed by atoms with E-state index in [1.807, 2.05) is 11.0 Å². The van der Waals surface area contributed by atoms with Gasteiger partial charge >= 0.3 is 0 Å². The van der Waals surface area contributed by atoms with Crippen molar-refractivity contribution < 1.29 is 4.79 Å². The van der Waals surface area contributed by atoms with Gasteiger partial charge in [-0.05, 0) is 30.0 Å². The van der Waals surface area contributed by atoms with Gasteiger partial charge in [0.1, 0.15) is 0 Å².